The number of hydrogen-bond donors (Lipinski definition) is 1. The number of carbonyl (C=O) groups is 2. The predicted molar refractivity (Wildman–Crippen MR) is 116 cm³/mol. The van der Waals surface area contributed by atoms with Crippen LogP contribution in [0.4, 0.5) is 4.79 Å². The molecule has 0 fully saturated rings. The summed E-state index contributed by atoms with van der Waals surface area (Å²) in [6.07, 6.45) is 19.1. The van der Waals surface area contributed by atoms with Crippen LogP contribution in [0.5, 0.6) is 0 Å². The van der Waals surface area contributed by atoms with Crippen LogP contribution in [0.2, 0.25) is 0 Å². The molecule has 0 rings (SSSR count). The lowest BCUT2D eigenvalue weighted by atomic mass is 10.0. The van der Waals surface area contributed by atoms with Crippen molar-refractivity contribution in [3.05, 3.63) is 0 Å². The summed E-state index contributed by atoms with van der Waals surface area (Å²) >= 11 is 0. The normalized spacial score (nSPS) is 11.8. The summed E-state index contributed by atoms with van der Waals surface area (Å²) in [6, 6.07) is -0.671. The molecule has 0 saturated heterocycles. The number of carbonyl (C=O) groups excluding carboxylic acids is 2. The molecule has 1 atom stereocenters. The van der Waals surface area contributed by atoms with Crippen LogP contribution in [0.15, 0.2) is 0 Å². The fourth-order valence-electron chi connectivity index (χ4n) is 3.18. The molecule has 0 heterocycles. The average molecular weight is 400 g/mol. The van der Waals surface area contributed by atoms with Crippen LogP contribution in [0, 0.1) is 0 Å². The first-order chi connectivity index (χ1) is 13.6. The van der Waals surface area contributed by atoms with Gasteiger partial charge in [-0.3, -0.25) is 0 Å². The number of ether oxygens (including phenoxy) is 2. The van der Waals surface area contributed by atoms with Gasteiger partial charge in [-0.15, -0.1) is 0 Å². The van der Waals surface area contributed by atoms with Gasteiger partial charge >= 0.3 is 12.1 Å². The van der Waals surface area contributed by atoms with E-state index >= 15 is 0 Å². The molecule has 0 bridgehead atoms. The van der Waals surface area contributed by atoms with Crippen LogP contribution in [-0.2, 0) is 14.3 Å². The first-order valence-electron chi connectivity index (χ1n) is 11.7. The number of nitrogens with one attached hydrogen (secondary N) is 1. The summed E-state index contributed by atoms with van der Waals surface area (Å²) in [5.74, 6) is -0.404. The lowest BCUT2D eigenvalue weighted by molar-refractivity contribution is -0.145. The van der Waals surface area contributed by atoms with Gasteiger partial charge < -0.3 is 14.8 Å². The second kappa shape index (κ2) is 20.5. The van der Waals surface area contributed by atoms with E-state index in [1.54, 1.807) is 13.8 Å². The van der Waals surface area contributed by atoms with E-state index in [4.69, 9.17) is 9.47 Å². The zero-order valence-electron chi connectivity index (χ0n) is 18.7. The molecule has 0 aromatic heterocycles. The number of hydrogen-bond acceptors (Lipinski definition) is 4. The summed E-state index contributed by atoms with van der Waals surface area (Å²) in [5, 5.41) is 2.45. The Kier molecular flexibility index (Phi) is 19.6. The van der Waals surface area contributed by atoms with E-state index in [1.165, 1.54) is 83.5 Å². The van der Waals surface area contributed by atoms with Gasteiger partial charge in [0.05, 0.1) is 13.2 Å². The maximum absolute atomic E-state index is 11.7. The highest BCUT2D eigenvalue weighted by Crippen LogP contribution is 2.13. The summed E-state index contributed by atoms with van der Waals surface area (Å²) in [7, 11) is 0. The topological polar surface area (TPSA) is 64.6 Å². The van der Waals surface area contributed by atoms with Crippen molar-refractivity contribution in [1.29, 1.82) is 0 Å². The molecule has 0 aliphatic rings. The van der Waals surface area contributed by atoms with E-state index in [9.17, 15) is 9.59 Å². The molecule has 0 unspecified atom stereocenters. The van der Waals surface area contributed by atoms with Gasteiger partial charge in [0.1, 0.15) is 6.04 Å². The fraction of sp³-hybridized carbons (Fsp3) is 0.913. The number of esters is 1. The van der Waals surface area contributed by atoms with Crippen LogP contribution in [-0.4, -0.2) is 31.3 Å². The minimum absolute atomic E-state index is 0.284. The van der Waals surface area contributed by atoms with Gasteiger partial charge in [-0.05, 0) is 20.3 Å². The maximum atomic E-state index is 11.7. The zero-order chi connectivity index (χ0) is 20.9. The lowest BCUT2D eigenvalue weighted by Gasteiger charge is -2.13. The third kappa shape index (κ3) is 18.1. The molecule has 166 valence electrons. The van der Waals surface area contributed by atoms with Crippen LogP contribution in [0.1, 0.15) is 117 Å². The van der Waals surface area contributed by atoms with Gasteiger partial charge in [0.25, 0.3) is 0 Å². The van der Waals surface area contributed by atoms with Crippen molar-refractivity contribution in [3.63, 3.8) is 0 Å². The second-order valence-corrected chi connectivity index (χ2v) is 7.70. The standard InChI is InChI=1S/C23H45NO4/c1-4-6-7-8-9-10-11-12-13-14-15-16-17-18-19-20-28-22(25)21(3)24-23(26)27-5-2/h21H,4-20H2,1-3H3,(H,24,26)/t21-/m0/s1. The zero-order valence-corrected chi connectivity index (χ0v) is 18.7. The number of rotatable bonds is 19. The monoisotopic (exact) mass is 399 g/mol. The van der Waals surface area contributed by atoms with Crippen molar-refractivity contribution in [2.75, 3.05) is 13.2 Å². The van der Waals surface area contributed by atoms with Gasteiger partial charge in [-0.1, -0.05) is 96.8 Å². The van der Waals surface area contributed by atoms with Crippen molar-refractivity contribution in [2.45, 2.75) is 123 Å². The summed E-state index contributed by atoms with van der Waals surface area (Å²) in [6.45, 7) is 6.30. The van der Waals surface area contributed by atoms with Crippen LogP contribution >= 0.6 is 0 Å². The molecule has 1 N–H and O–H groups in total. The van der Waals surface area contributed by atoms with Crippen LogP contribution in [0.3, 0.4) is 0 Å². The smallest absolute Gasteiger partial charge is 0.407 e. The molecule has 5 nitrogen and oxygen atoms in total. The van der Waals surface area contributed by atoms with Crippen LogP contribution < -0.4 is 5.32 Å². The number of unbranched alkanes of at least 4 members (excludes halogenated alkanes) is 14. The Morgan fingerprint density at radius 1 is 0.679 bits per heavy atom. The van der Waals surface area contributed by atoms with Gasteiger partial charge in [0.2, 0.25) is 0 Å². The molecule has 0 aliphatic heterocycles. The Morgan fingerprint density at radius 2 is 1.11 bits per heavy atom. The molecule has 0 saturated carbocycles. The third-order valence-corrected chi connectivity index (χ3v) is 4.96. The molecular weight excluding hydrogens is 354 g/mol. The van der Waals surface area contributed by atoms with Crippen molar-refractivity contribution in [1.82, 2.24) is 5.32 Å². The lowest BCUT2D eigenvalue weighted by Crippen LogP contribution is -2.39. The first kappa shape index (κ1) is 26.7. The summed E-state index contributed by atoms with van der Waals surface area (Å²) in [5.41, 5.74) is 0. The highest BCUT2D eigenvalue weighted by molar-refractivity contribution is 5.80. The Morgan fingerprint density at radius 3 is 1.54 bits per heavy atom. The van der Waals surface area contributed by atoms with E-state index < -0.39 is 18.1 Å². The van der Waals surface area contributed by atoms with Crippen molar-refractivity contribution >= 4 is 12.1 Å². The molecule has 0 radical (unpaired) electrons. The quantitative estimate of drug-likeness (QED) is 0.198. The minimum atomic E-state index is -0.671. The van der Waals surface area contributed by atoms with Gasteiger partial charge in [-0.25, -0.2) is 9.59 Å². The van der Waals surface area contributed by atoms with E-state index in [-0.39, 0.29) is 6.61 Å². The maximum Gasteiger partial charge on any atom is 0.407 e. The van der Waals surface area contributed by atoms with Gasteiger partial charge in [0.15, 0.2) is 0 Å². The molecular formula is C23H45NO4. The molecule has 0 aliphatic carbocycles. The molecule has 0 aromatic rings. The Bertz CT molecular complexity index is 374. The summed E-state index contributed by atoms with van der Waals surface area (Å²) < 4.78 is 9.93. The molecule has 0 aromatic carbocycles. The van der Waals surface area contributed by atoms with E-state index in [0.717, 1.165) is 12.8 Å². The first-order valence-corrected chi connectivity index (χ1v) is 11.7. The second-order valence-electron chi connectivity index (χ2n) is 7.70. The largest absolute Gasteiger partial charge is 0.464 e. The average Bonchev–Trinajstić information content (AvgIpc) is 2.67. The van der Waals surface area contributed by atoms with E-state index in [2.05, 4.69) is 12.2 Å². The predicted octanol–water partition coefficient (Wildman–Crippen LogP) is 6.54. The molecule has 5 heteroatoms. The van der Waals surface area contributed by atoms with Crippen molar-refractivity contribution < 1.29 is 19.1 Å². The summed E-state index contributed by atoms with van der Waals surface area (Å²) in [4.78, 5) is 23.0. The van der Waals surface area contributed by atoms with Gasteiger partial charge in [0, 0.05) is 0 Å². The third-order valence-electron chi connectivity index (χ3n) is 4.96. The Balaban J connectivity index is 3.29. The Labute approximate surface area is 173 Å². The van der Waals surface area contributed by atoms with Gasteiger partial charge in [-0.2, -0.15) is 0 Å². The van der Waals surface area contributed by atoms with E-state index in [1.807, 2.05) is 0 Å². The van der Waals surface area contributed by atoms with Crippen molar-refractivity contribution in [3.8, 4) is 0 Å². The van der Waals surface area contributed by atoms with Crippen molar-refractivity contribution in [2.24, 2.45) is 0 Å². The Hall–Kier alpha value is -1.26. The number of alkyl carbamates (subject to hydrolysis) is 1. The molecule has 1 amide bonds. The highest BCUT2D eigenvalue weighted by atomic mass is 16.6. The minimum Gasteiger partial charge on any atom is -0.464 e. The highest BCUT2D eigenvalue weighted by Gasteiger charge is 2.17. The number of amides is 1. The molecule has 28 heavy (non-hydrogen) atoms. The fourth-order valence-corrected chi connectivity index (χ4v) is 3.18. The van der Waals surface area contributed by atoms with E-state index in [0.29, 0.717) is 6.61 Å². The SMILES string of the molecule is CCCCCCCCCCCCCCCCCOC(=O)[C@H](C)NC(=O)OCC. The molecule has 0 spiro atoms. The van der Waals surface area contributed by atoms with Crippen LogP contribution in [0.25, 0.3) is 0 Å².